The number of rotatable bonds is 5. The second kappa shape index (κ2) is 6.78. The van der Waals surface area contributed by atoms with Crippen molar-refractivity contribution in [3.8, 4) is 0 Å². The summed E-state index contributed by atoms with van der Waals surface area (Å²) in [5.74, 6) is -0.514. The van der Waals surface area contributed by atoms with Crippen molar-refractivity contribution >= 4 is 51.5 Å². The highest BCUT2D eigenvalue weighted by atomic mass is 35.5. The van der Waals surface area contributed by atoms with E-state index < -0.39 is 5.91 Å². The number of nitrogens with two attached hydrogens (primary N) is 1. The van der Waals surface area contributed by atoms with Gasteiger partial charge in [0.25, 0.3) is 5.91 Å². The molecule has 3 N–H and O–H groups in total. The van der Waals surface area contributed by atoms with Gasteiger partial charge in [-0.05, 0) is 29.6 Å². The van der Waals surface area contributed by atoms with Crippen molar-refractivity contribution in [1.29, 1.82) is 0 Å². The van der Waals surface area contributed by atoms with Gasteiger partial charge in [-0.2, -0.15) is 0 Å². The molecule has 1 aromatic carbocycles. The Hall–Kier alpha value is -1.50. The molecule has 0 atom stereocenters. The molecule has 0 saturated carbocycles. The number of carbonyl (C=O) groups excluding carboxylic acids is 2. The first-order chi connectivity index (χ1) is 9.56. The number of thioether (sulfide) groups is 1. The summed E-state index contributed by atoms with van der Waals surface area (Å²) in [6.07, 6.45) is 0. The van der Waals surface area contributed by atoms with Crippen LogP contribution in [0, 0.1) is 0 Å². The van der Waals surface area contributed by atoms with Crippen LogP contribution in [-0.4, -0.2) is 17.6 Å². The average molecular weight is 327 g/mol. The summed E-state index contributed by atoms with van der Waals surface area (Å²) >= 11 is 8.51. The van der Waals surface area contributed by atoms with E-state index in [1.54, 1.807) is 23.6 Å². The fourth-order valence-corrected chi connectivity index (χ4v) is 3.29. The third-order valence-electron chi connectivity index (χ3n) is 2.35. The van der Waals surface area contributed by atoms with Gasteiger partial charge >= 0.3 is 0 Å². The molecular formula is C13H11ClN2O2S2. The van der Waals surface area contributed by atoms with Gasteiger partial charge in [-0.3, -0.25) is 9.59 Å². The van der Waals surface area contributed by atoms with Crippen molar-refractivity contribution in [2.24, 2.45) is 5.73 Å². The Morgan fingerprint density at radius 1 is 1.35 bits per heavy atom. The maximum atomic E-state index is 11.8. The monoisotopic (exact) mass is 326 g/mol. The lowest BCUT2D eigenvalue weighted by Crippen LogP contribution is -2.17. The summed E-state index contributed by atoms with van der Waals surface area (Å²) in [6.45, 7) is 0. The van der Waals surface area contributed by atoms with Gasteiger partial charge in [-0.25, -0.2) is 0 Å². The SMILES string of the molecule is NC(=O)c1ccsc1NC(=O)CSc1cccc(Cl)c1. The molecule has 0 spiro atoms. The van der Waals surface area contributed by atoms with E-state index in [0.29, 0.717) is 15.6 Å². The number of halogens is 1. The number of hydrogen-bond donors (Lipinski definition) is 2. The van der Waals surface area contributed by atoms with Crippen molar-refractivity contribution in [3.05, 3.63) is 46.3 Å². The molecule has 0 aliphatic heterocycles. The molecular weight excluding hydrogens is 316 g/mol. The number of nitrogens with one attached hydrogen (secondary N) is 1. The van der Waals surface area contributed by atoms with Crippen molar-refractivity contribution in [2.75, 3.05) is 11.1 Å². The van der Waals surface area contributed by atoms with Gasteiger partial charge in [0, 0.05) is 9.92 Å². The van der Waals surface area contributed by atoms with E-state index in [2.05, 4.69) is 5.32 Å². The zero-order chi connectivity index (χ0) is 14.5. The lowest BCUT2D eigenvalue weighted by atomic mass is 10.3. The number of amides is 2. The first-order valence-corrected chi connectivity index (χ1v) is 7.86. The maximum Gasteiger partial charge on any atom is 0.251 e. The lowest BCUT2D eigenvalue weighted by molar-refractivity contribution is -0.113. The Balaban J connectivity index is 1.93. The van der Waals surface area contributed by atoms with Crippen LogP contribution in [-0.2, 0) is 4.79 Å². The normalized spacial score (nSPS) is 10.2. The minimum absolute atomic E-state index is 0.195. The van der Waals surface area contributed by atoms with Crippen molar-refractivity contribution < 1.29 is 9.59 Å². The number of anilines is 1. The third-order valence-corrected chi connectivity index (χ3v) is 4.41. The molecule has 0 saturated heterocycles. The highest BCUT2D eigenvalue weighted by Crippen LogP contribution is 2.24. The third kappa shape index (κ3) is 4.00. The number of benzene rings is 1. The van der Waals surface area contributed by atoms with Crippen LogP contribution in [0.1, 0.15) is 10.4 Å². The van der Waals surface area contributed by atoms with Gasteiger partial charge in [0.05, 0.1) is 11.3 Å². The van der Waals surface area contributed by atoms with Gasteiger partial charge in [0.1, 0.15) is 5.00 Å². The van der Waals surface area contributed by atoms with E-state index in [0.717, 1.165) is 4.90 Å². The second-order valence-corrected chi connectivity index (χ2v) is 6.22. The van der Waals surface area contributed by atoms with E-state index in [9.17, 15) is 9.59 Å². The van der Waals surface area contributed by atoms with Crippen molar-refractivity contribution in [3.63, 3.8) is 0 Å². The highest BCUT2D eigenvalue weighted by molar-refractivity contribution is 8.00. The molecule has 0 aliphatic carbocycles. The van der Waals surface area contributed by atoms with Crippen LogP contribution in [0.25, 0.3) is 0 Å². The molecule has 0 fully saturated rings. The van der Waals surface area contributed by atoms with Crippen LogP contribution in [0.15, 0.2) is 40.6 Å². The van der Waals surface area contributed by atoms with Crippen LogP contribution in [0.4, 0.5) is 5.00 Å². The summed E-state index contributed by atoms with van der Waals surface area (Å²) in [5, 5.41) is 5.50. The Bertz CT molecular complexity index is 643. The highest BCUT2D eigenvalue weighted by Gasteiger charge is 2.12. The number of carbonyl (C=O) groups is 2. The van der Waals surface area contributed by atoms with E-state index in [-0.39, 0.29) is 11.7 Å². The van der Waals surface area contributed by atoms with Crippen LogP contribution in [0.5, 0.6) is 0 Å². The maximum absolute atomic E-state index is 11.8. The second-order valence-electron chi connectivity index (χ2n) is 3.82. The molecule has 0 bridgehead atoms. The number of hydrogen-bond acceptors (Lipinski definition) is 4. The molecule has 7 heteroatoms. The van der Waals surface area contributed by atoms with Gasteiger partial charge in [-0.1, -0.05) is 17.7 Å². The molecule has 1 aromatic heterocycles. The molecule has 0 radical (unpaired) electrons. The number of thiophene rings is 1. The first-order valence-electron chi connectivity index (χ1n) is 5.62. The van der Waals surface area contributed by atoms with E-state index >= 15 is 0 Å². The molecule has 2 rings (SSSR count). The van der Waals surface area contributed by atoms with Crippen LogP contribution in [0.2, 0.25) is 5.02 Å². The molecule has 2 aromatic rings. The van der Waals surface area contributed by atoms with Crippen LogP contribution in [0.3, 0.4) is 0 Å². The van der Waals surface area contributed by atoms with E-state index in [4.69, 9.17) is 17.3 Å². The minimum atomic E-state index is -0.552. The van der Waals surface area contributed by atoms with Crippen LogP contribution < -0.4 is 11.1 Å². The Morgan fingerprint density at radius 2 is 2.15 bits per heavy atom. The zero-order valence-corrected chi connectivity index (χ0v) is 12.6. The van der Waals surface area contributed by atoms with Crippen LogP contribution >= 0.6 is 34.7 Å². The molecule has 4 nitrogen and oxygen atoms in total. The van der Waals surface area contributed by atoms with Crippen molar-refractivity contribution in [2.45, 2.75) is 4.90 Å². The molecule has 104 valence electrons. The Labute approximate surface area is 129 Å². The Morgan fingerprint density at radius 3 is 2.85 bits per heavy atom. The predicted octanol–water partition coefficient (Wildman–Crippen LogP) is 3.23. The lowest BCUT2D eigenvalue weighted by Gasteiger charge is -2.05. The smallest absolute Gasteiger partial charge is 0.251 e. The molecule has 20 heavy (non-hydrogen) atoms. The summed E-state index contributed by atoms with van der Waals surface area (Å²) in [7, 11) is 0. The van der Waals surface area contributed by atoms with Gasteiger partial charge < -0.3 is 11.1 Å². The van der Waals surface area contributed by atoms with Gasteiger partial charge in [0.15, 0.2) is 0 Å². The number of primary amides is 1. The molecule has 0 aliphatic rings. The fourth-order valence-electron chi connectivity index (χ4n) is 1.47. The minimum Gasteiger partial charge on any atom is -0.366 e. The van der Waals surface area contributed by atoms with Crippen molar-refractivity contribution in [1.82, 2.24) is 0 Å². The standard InChI is InChI=1S/C13H11ClN2O2S2/c14-8-2-1-3-9(6-8)20-7-11(17)16-13-10(12(15)18)4-5-19-13/h1-6H,7H2,(H2,15,18)(H,16,17). The quantitative estimate of drug-likeness (QED) is 0.828. The molecule has 2 amide bonds. The topological polar surface area (TPSA) is 72.2 Å². The zero-order valence-electron chi connectivity index (χ0n) is 10.3. The fraction of sp³-hybridized carbons (Fsp3) is 0.0769. The van der Waals surface area contributed by atoms with E-state index in [1.807, 2.05) is 12.1 Å². The van der Waals surface area contributed by atoms with Gasteiger partial charge in [-0.15, -0.1) is 23.1 Å². The summed E-state index contributed by atoms with van der Waals surface area (Å²) < 4.78 is 0. The summed E-state index contributed by atoms with van der Waals surface area (Å²) in [5.41, 5.74) is 5.54. The molecule has 0 unspecified atom stereocenters. The van der Waals surface area contributed by atoms with E-state index in [1.165, 1.54) is 23.1 Å². The van der Waals surface area contributed by atoms with Gasteiger partial charge in [0.2, 0.25) is 5.91 Å². The Kier molecular flexibility index (Phi) is 5.05. The average Bonchev–Trinajstić information content (AvgIpc) is 2.85. The summed E-state index contributed by atoms with van der Waals surface area (Å²) in [6, 6.07) is 8.86. The molecule has 1 heterocycles. The first kappa shape index (κ1) is 14.9. The predicted molar refractivity (Wildman–Crippen MR) is 83.6 cm³/mol. The largest absolute Gasteiger partial charge is 0.366 e. The summed E-state index contributed by atoms with van der Waals surface area (Å²) in [4.78, 5) is 23.9.